The molecule has 0 amide bonds. The Labute approximate surface area is 116 Å². The number of thioether (sulfide) groups is 1. The van der Waals surface area contributed by atoms with Crippen LogP contribution in [0.3, 0.4) is 0 Å². The minimum Gasteiger partial charge on any atom is -0.465 e. The van der Waals surface area contributed by atoms with Gasteiger partial charge in [0.2, 0.25) is 0 Å². The summed E-state index contributed by atoms with van der Waals surface area (Å²) in [7, 11) is 0. The topological polar surface area (TPSA) is 92.1 Å². The highest BCUT2D eigenvalue weighted by atomic mass is 32.2. The third-order valence-electron chi connectivity index (χ3n) is 2.09. The summed E-state index contributed by atoms with van der Waals surface area (Å²) in [4.78, 5) is 26.1. The molecule has 0 bridgehead atoms. The van der Waals surface area contributed by atoms with Gasteiger partial charge in [0.1, 0.15) is 4.75 Å². The lowest BCUT2D eigenvalue weighted by Gasteiger charge is -2.22. The average molecular weight is 283 g/mol. The molecule has 104 valence electrons. The Balaban J connectivity index is 5.16. The number of carbonyl (C=O) groups excluding carboxylic acids is 2. The first-order valence-electron chi connectivity index (χ1n) is 5.61. The number of rotatable bonds is 7. The number of carbonyl (C=O) groups is 2. The average Bonchev–Trinajstić information content (AvgIpc) is 2.36. The Hall–Kier alpha value is -1.72. The molecule has 0 unspecified atom stereocenters. The molecule has 7 heteroatoms. The van der Waals surface area contributed by atoms with Crippen molar-refractivity contribution < 1.29 is 14.3 Å². The van der Waals surface area contributed by atoms with Gasteiger partial charge in [-0.2, -0.15) is 0 Å². The van der Waals surface area contributed by atoms with E-state index in [0.29, 0.717) is 0 Å². The molecule has 6 nitrogen and oxygen atoms in total. The van der Waals surface area contributed by atoms with Crippen molar-refractivity contribution in [3.05, 3.63) is 34.7 Å². The molecule has 0 aliphatic carbocycles. The van der Waals surface area contributed by atoms with Crippen molar-refractivity contribution in [3.8, 4) is 0 Å². The second-order valence-electron chi connectivity index (χ2n) is 3.78. The van der Waals surface area contributed by atoms with Crippen molar-refractivity contribution in [1.82, 2.24) is 0 Å². The molecule has 0 aromatic heterocycles. The van der Waals surface area contributed by atoms with Crippen LogP contribution in [-0.4, -0.2) is 29.0 Å². The lowest BCUT2D eigenvalue weighted by Crippen LogP contribution is -2.33. The van der Waals surface area contributed by atoms with E-state index in [-0.39, 0.29) is 13.2 Å². The lowest BCUT2D eigenvalue weighted by atomic mass is 10.1. The standard InChI is InChI=1S/C12H17N3O3S/c1-5-9(3)7-12(4,11(17)18-6-2)19-10(16)8-14-15-13/h5,7H,1,6,8H2,2-4H3/b9-7+/t12-/m1/s1. The Morgan fingerprint density at radius 3 is 2.68 bits per heavy atom. The van der Waals surface area contributed by atoms with E-state index in [2.05, 4.69) is 16.6 Å². The zero-order chi connectivity index (χ0) is 14.9. The van der Waals surface area contributed by atoms with E-state index in [4.69, 9.17) is 10.3 Å². The van der Waals surface area contributed by atoms with Crippen molar-refractivity contribution >= 4 is 22.8 Å². The number of azide groups is 1. The van der Waals surface area contributed by atoms with Crippen LogP contribution < -0.4 is 0 Å². The fourth-order valence-corrected chi connectivity index (χ4v) is 2.24. The highest BCUT2D eigenvalue weighted by Gasteiger charge is 2.35. The maximum absolute atomic E-state index is 11.9. The highest BCUT2D eigenvalue weighted by Crippen LogP contribution is 2.30. The molecule has 0 aromatic carbocycles. The summed E-state index contributed by atoms with van der Waals surface area (Å²) < 4.78 is 3.81. The van der Waals surface area contributed by atoms with Crippen LogP contribution in [0.2, 0.25) is 0 Å². The minimum atomic E-state index is -1.16. The lowest BCUT2D eigenvalue weighted by molar-refractivity contribution is -0.144. The van der Waals surface area contributed by atoms with Crippen molar-refractivity contribution in [2.75, 3.05) is 13.2 Å². The van der Waals surface area contributed by atoms with Crippen LogP contribution in [0.5, 0.6) is 0 Å². The minimum absolute atomic E-state index is 0.223. The third-order valence-corrected chi connectivity index (χ3v) is 3.16. The van der Waals surface area contributed by atoms with E-state index in [9.17, 15) is 9.59 Å². The van der Waals surface area contributed by atoms with Crippen LogP contribution in [0.15, 0.2) is 29.4 Å². The maximum Gasteiger partial charge on any atom is 0.326 e. The fourth-order valence-electron chi connectivity index (χ4n) is 1.26. The summed E-state index contributed by atoms with van der Waals surface area (Å²) in [6, 6.07) is 0. The Kier molecular flexibility index (Phi) is 7.63. The summed E-state index contributed by atoms with van der Waals surface area (Å²) in [6.45, 7) is 8.55. The largest absolute Gasteiger partial charge is 0.465 e. The molecule has 0 spiro atoms. The maximum atomic E-state index is 11.9. The van der Waals surface area contributed by atoms with Crippen molar-refractivity contribution in [2.45, 2.75) is 25.5 Å². The van der Waals surface area contributed by atoms with Crippen molar-refractivity contribution in [2.24, 2.45) is 5.11 Å². The predicted molar refractivity (Wildman–Crippen MR) is 75.6 cm³/mol. The van der Waals surface area contributed by atoms with Gasteiger partial charge in [-0.15, -0.1) is 0 Å². The van der Waals surface area contributed by atoms with Crippen LogP contribution in [-0.2, 0) is 14.3 Å². The molecule has 0 radical (unpaired) electrons. The van der Waals surface area contributed by atoms with Gasteiger partial charge in [0.25, 0.3) is 0 Å². The fraction of sp³-hybridized carbons (Fsp3) is 0.500. The van der Waals surface area contributed by atoms with Crippen LogP contribution in [0.1, 0.15) is 20.8 Å². The van der Waals surface area contributed by atoms with Crippen LogP contribution in [0.25, 0.3) is 10.4 Å². The van der Waals surface area contributed by atoms with Gasteiger partial charge < -0.3 is 4.74 Å². The number of ether oxygens (including phenoxy) is 1. The molecule has 0 fully saturated rings. The number of esters is 1. The van der Waals surface area contributed by atoms with Crippen molar-refractivity contribution in [3.63, 3.8) is 0 Å². The summed E-state index contributed by atoms with van der Waals surface area (Å²) in [5.41, 5.74) is 8.92. The van der Waals surface area contributed by atoms with Crippen LogP contribution in [0.4, 0.5) is 0 Å². The number of hydrogen-bond acceptors (Lipinski definition) is 5. The third kappa shape index (κ3) is 6.13. The molecule has 0 heterocycles. The zero-order valence-electron chi connectivity index (χ0n) is 11.3. The molecule has 19 heavy (non-hydrogen) atoms. The summed E-state index contributed by atoms with van der Waals surface area (Å²) in [5, 5.41) is 2.78. The highest BCUT2D eigenvalue weighted by molar-refractivity contribution is 8.15. The molecule has 0 aliphatic rings. The van der Waals surface area contributed by atoms with Crippen LogP contribution >= 0.6 is 11.8 Å². The quantitative estimate of drug-likeness (QED) is 0.236. The smallest absolute Gasteiger partial charge is 0.326 e. The van der Waals surface area contributed by atoms with Gasteiger partial charge in [0.05, 0.1) is 13.2 Å². The van der Waals surface area contributed by atoms with E-state index in [1.807, 2.05) is 0 Å². The predicted octanol–water partition coefficient (Wildman–Crippen LogP) is 3.01. The van der Waals surface area contributed by atoms with E-state index in [0.717, 1.165) is 17.3 Å². The first kappa shape index (κ1) is 17.3. The SMILES string of the molecule is C=C/C(C)=C/[C@@](C)(SC(=O)CN=[N+]=[N-])C(=O)OCC. The summed E-state index contributed by atoms with van der Waals surface area (Å²) in [6.07, 6.45) is 3.19. The molecule has 0 aliphatic heterocycles. The number of allylic oxidation sites excluding steroid dienone is 2. The molecule has 0 saturated heterocycles. The first-order chi connectivity index (χ1) is 8.89. The van der Waals surface area contributed by atoms with Crippen LogP contribution in [0, 0.1) is 0 Å². The number of hydrogen-bond donors (Lipinski definition) is 0. The van der Waals surface area contributed by atoms with E-state index >= 15 is 0 Å². The van der Waals surface area contributed by atoms with E-state index in [1.165, 1.54) is 0 Å². The zero-order valence-corrected chi connectivity index (χ0v) is 12.1. The van der Waals surface area contributed by atoms with Gasteiger partial charge in [-0.25, -0.2) is 0 Å². The van der Waals surface area contributed by atoms with Gasteiger partial charge in [-0.1, -0.05) is 41.2 Å². The Morgan fingerprint density at radius 2 is 2.21 bits per heavy atom. The summed E-state index contributed by atoms with van der Waals surface area (Å²) in [5.74, 6) is -0.518. The Morgan fingerprint density at radius 1 is 1.58 bits per heavy atom. The van der Waals surface area contributed by atoms with Gasteiger partial charge in [-0.3, -0.25) is 9.59 Å². The Bertz CT molecular complexity index is 442. The van der Waals surface area contributed by atoms with Gasteiger partial charge >= 0.3 is 5.97 Å². The second kappa shape index (κ2) is 8.39. The normalized spacial score (nSPS) is 13.9. The summed E-state index contributed by atoms with van der Waals surface area (Å²) >= 11 is 0.776. The molecule has 0 aromatic rings. The molecule has 0 saturated carbocycles. The van der Waals surface area contributed by atoms with E-state index < -0.39 is 15.8 Å². The van der Waals surface area contributed by atoms with Crippen molar-refractivity contribution in [1.29, 1.82) is 0 Å². The molecular weight excluding hydrogens is 266 g/mol. The second-order valence-corrected chi connectivity index (χ2v) is 5.29. The monoisotopic (exact) mass is 283 g/mol. The van der Waals surface area contributed by atoms with E-state index in [1.54, 1.807) is 32.9 Å². The number of nitrogens with zero attached hydrogens (tertiary/aromatic N) is 3. The van der Waals surface area contributed by atoms with Gasteiger partial charge in [0.15, 0.2) is 5.12 Å². The van der Waals surface area contributed by atoms with Gasteiger partial charge in [0, 0.05) is 4.91 Å². The molecular formula is C12H17N3O3S. The van der Waals surface area contributed by atoms with Gasteiger partial charge in [-0.05, 0) is 26.3 Å². The first-order valence-corrected chi connectivity index (χ1v) is 6.43. The molecule has 0 N–H and O–H groups in total. The molecule has 1 atom stereocenters. The molecule has 0 rings (SSSR count).